The molecule has 0 aromatic carbocycles. The van der Waals surface area contributed by atoms with Gasteiger partial charge in [-0.2, -0.15) is 0 Å². The molecule has 0 aliphatic carbocycles. The van der Waals surface area contributed by atoms with Crippen LogP contribution in [0.3, 0.4) is 0 Å². The molecule has 0 saturated heterocycles. The minimum absolute atomic E-state index is 0.0500. The molecule has 2 aromatic heterocycles. The number of hydrogen-bond donors (Lipinski definition) is 2. The zero-order valence-electron chi connectivity index (χ0n) is 12.0. The van der Waals surface area contributed by atoms with Gasteiger partial charge in [0.2, 0.25) is 5.91 Å². The number of nitrogens with zero attached hydrogens (tertiary/aromatic N) is 1. The lowest BCUT2D eigenvalue weighted by atomic mass is 10.2. The minimum Gasteiger partial charge on any atom is -0.465 e. The molecule has 0 fully saturated rings. The van der Waals surface area contributed by atoms with Crippen molar-refractivity contribution in [2.45, 2.75) is 25.9 Å². The van der Waals surface area contributed by atoms with Gasteiger partial charge in [0.25, 0.3) is 0 Å². The van der Waals surface area contributed by atoms with E-state index >= 15 is 0 Å². The molecule has 2 N–H and O–H groups in total. The van der Waals surface area contributed by atoms with E-state index in [-0.39, 0.29) is 5.91 Å². The number of amides is 2. The third-order valence-electron chi connectivity index (χ3n) is 3.05. The van der Waals surface area contributed by atoms with Gasteiger partial charge in [0.15, 0.2) is 0 Å². The summed E-state index contributed by atoms with van der Waals surface area (Å²) in [6.45, 7) is 1.49. The van der Waals surface area contributed by atoms with Gasteiger partial charge >= 0.3 is 6.09 Å². The third kappa shape index (κ3) is 5.50. The second-order valence-electron chi connectivity index (χ2n) is 4.74. The monoisotopic (exact) mass is 338 g/mol. The quantitative estimate of drug-likeness (QED) is 0.725. The fourth-order valence-electron chi connectivity index (χ4n) is 2.01. The summed E-state index contributed by atoms with van der Waals surface area (Å²) < 4.78 is 0. The van der Waals surface area contributed by atoms with Gasteiger partial charge in [0.1, 0.15) is 0 Å². The number of carbonyl (C=O) groups is 2. The first-order valence-corrected chi connectivity index (χ1v) is 8.70. The number of hydrogen-bond acceptors (Lipinski definition) is 4. The predicted molar refractivity (Wildman–Crippen MR) is 88.2 cm³/mol. The Morgan fingerprint density at radius 1 is 1.09 bits per heavy atom. The van der Waals surface area contributed by atoms with Gasteiger partial charge in [-0.25, -0.2) is 4.79 Å². The summed E-state index contributed by atoms with van der Waals surface area (Å²) in [5.41, 5.74) is 0. The topological polar surface area (TPSA) is 69.6 Å². The van der Waals surface area contributed by atoms with Crippen molar-refractivity contribution in [3.8, 4) is 0 Å². The van der Waals surface area contributed by atoms with Gasteiger partial charge in [0.05, 0.1) is 13.1 Å². The standard InChI is InChI=1S/C15H18N2O3S2/c18-14(6-1-7-16-15(19)20)17(10-12-4-2-8-21-12)11-13-5-3-9-22-13/h2-5,8-9,16H,1,6-7,10-11H2,(H,19,20). The van der Waals surface area contributed by atoms with E-state index in [0.717, 1.165) is 9.75 Å². The molecule has 2 heterocycles. The van der Waals surface area contributed by atoms with E-state index in [4.69, 9.17) is 5.11 Å². The van der Waals surface area contributed by atoms with Crippen LogP contribution in [0.15, 0.2) is 35.0 Å². The van der Waals surface area contributed by atoms with Crippen LogP contribution in [0.25, 0.3) is 0 Å². The van der Waals surface area contributed by atoms with E-state index in [1.54, 1.807) is 22.7 Å². The Hall–Kier alpha value is -1.86. The summed E-state index contributed by atoms with van der Waals surface area (Å²) in [7, 11) is 0. The van der Waals surface area contributed by atoms with Crippen LogP contribution in [0.1, 0.15) is 22.6 Å². The molecular formula is C15H18N2O3S2. The summed E-state index contributed by atoms with van der Waals surface area (Å²) in [5, 5.41) is 14.8. The Morgan fingerprint density at radius 2 is 1.68 bits per heavy atom. The Morgan fingerprint density at radius 3 is 2.14 bits per heavy atom. The van der Waals surface area contributed by atoms with Gasteiger partial charge in [-0.3, -0.25) is 4.79 Å². The number of carbonyl (C=O) groups excluding carboxylic acids is 1. The molecule has 2 aromatic rings. The molecule has 0 spiro atoms. The largest absolute Gasteiger partial charge is 0.465 e. The van der Waals surface area contributed by atoms with E-state index in [2.05, 4.69) is 5.32 Å². The Balaban J connectivity index is 1.90. The highest BCUT2D eigenvalue weighted by atomic mass is 32.1. The zero-order chi connectivity index (χ0) is 15.8. The smallest absolute Gasteiger partial charge is 0.404 e. The van der Waals surface area contributed by atoms with Crippen LogP contribution >= 0.6 is 22.7 Å². The maximum atomic E-state index is 12.4. The van der Waals surface area contributed by atoms with Gasteiger partial charge < -0.3 is 15.3 Å². The van der Waals surface area contributed by atoms with E-state index < -0.39 is 6.09 Å². The number of rotatable bonds is 8. The predicted octanol–water partition coefficient (Wildman–Crippen LogP) is 3.39. The molecule has 0 unspecified atom stereocenters. The van der Waals surface area contributed by atoms with Crippen LogP contribution in [0.5, 0.6) is 0 Å². The molecular weight excluding hydrogens is 320 g/mol. The highest BCUT2D eigenvalue weighted by Crippen LogP contribution is 2.18. The van der Waals surface area contributed by atoms with Crippen LogP contribution in [0.4, 0.5) is 4.79 Å². The summed E-state index contributed by atoms with van der Waals surface area (Å²) in [5.74, 6) is 0.0500. The van der Waals surface area contributed by atoms with Crippen molar-refractivity contribution in [3.63, 3.8) is 0 Å². The molecule has 22 heavy (non-hydrogen) atoms. The second kappa shape index (κ2) is 8.55. The molecule has 0 radical (unpaired) electrons. The lowest BCUT2D eigenvalue weighted by Crippen LogP contribution is -2.30. The van der Waals surface area contributed by atoms with Crippen molar-refractivity contribution in [2.75, 3.05) is 6.54 Å². The van der Waals surface area contributed by atoms with Crippen LogP contribution in [-0.4, -0.2) is 28.6 Å². The molecule has 0 aliphatic rings. The summed E-state index contributed by atoms with van der Waals surface area (Å²) in [6.07, 6.45) is -0.199. The first kappa shape index (κ1) is 16.5. The summed E-state index contributed by atoms with van der Waals surface area (Å²) >= 11 is 3.27. The average Bonchev–Trinajstić information content (AvgIpc) is 3.16. The van der Waals surface area contributed by atoms with E-state index in [1.165, 1.54) is 0 Å². The molecule has 0 saturated carbocycles. The fraction of sp³-hybridized carbons (Fsp3) is 0.333. The van der Waals surface area contributed by atoms with Gasteiger partial charge in [-0.15, -0.1) is 22.7 Å². The van der Waals surface area contributed by atoms with Crippen LogP contribution in [0, 0.1) is 0 Å². The van der Waals surface area contributed by atoms with Crippen molar-refractivity contribution in [3.05, 3.63) is 44.8 Å². The van der Waals surface area contributed by atoms with Gasteiger partial charge in [-0.05, 0) is 29.3 Å². The third-order valence-corrected chi connectivity index (χ3v) is 4.77. The van der Waals surface area contributed by atoms with E-state index in [9.17, 15) is 9.59 Å². The summed E-state index contributed by atoms with van der Waals surface area (Å²) in [4.78, 5) is 26.9. The number of thiophene rings is 2. The first-order valence-electron chi connectivity index (χ1n) is 6.94. The van der Waals surface area contributed by atoms with Crippen molar-refractivity contribution < 1.29 is 14.7 Å². The lowest BCUT2D eigenvalue weighted by molar-refractivity contribution is -0.132. The Kier molecular flexibility index (Phi) is 6.42. The van der Waals surface area contributed by atoms with E-state index in [1.807, 2.05) is 39.9 Å². The van der Waals surface area contributed by atoms with Gasteiger partial charge in [-0.1, -0.05) is 12.1 Å². The second-order valence-corrected chi connectivity index (χ2v) is 6.81. The van der Waals surface area contributed by atoms with Crippen LogP contribution in [-0.2, 0) is 17.9 Å². The molecule has 2 rings (SSSR count). The Bertz CT molecular complexity index is 546. The molecule has 0 atom stereocenters. The molecule has 5 nitrogen and oxygen atoms in total. The van der Waals surface area contributed by atoms with Crippen molar-refractivity contribution in [1.82, 2.24) is 10.2 Å². The fourth-order valence-corrected chi connectivity index (χ4v) is 3.45. The molecule has 118 valence electrons. The first-order chi connectivity index (χ1) is 10.6. The van der Waals surface area contributed by atoms with Crippen molar-refractivity contribution in [2.24, 2.45) is 0 Å². The minimum atomic E-state index is -1.05. The van der Waals surface area contributed by atoms with Gasteiger partial charge in [0, 0.05) is 22.7 Å². The maximum absolute atomic E-state index is 12.4. The van der Waals surface area contributed by atoms with Crippen molar-refractivity contribution >= 4 is 34.7 Å². The SMILES string of the molecule is O=C(O)NCCCC(=O)N(Cc1cccs1)Cc1cccs1. The Labute approximate surface area is 137 Å². The number of carboxylic acid groups (broad SMARTS) is 1. The molecule has 0 aliphatic heterocycles. The number of nitrogens with one attached hydrogen (secondary N) is 1. The normalized spacial score (nSPS) is 10.4. The van der Waals surface area contributed by atoms with Crippen molar-refractivity contribution in [1.29, 1.82) is 0 Å². The van der Waals surface area contributed by atoms with Crippen LogP contribution < -0.4 is 5.32 Å². The highest BCUT2D eigenvalue weighted by molar-refractivity contribution is 7.10. The molecule has 0 bridgehead atoms. The molecule has 2 amide bonds. The van der Waals surface area contributed by atoms with Crippen LogP contribution in [0.2, 0.25) is 0 Å². The van der Waals surface area contributed by atoms with E-state index in [0.29, 0.717) is 32.5 Å². The summed E-state index contributed by atoms with van der Waals surface area (Å²) in [6, 6.07) is 7.99. The zero-order valence-corrected chi connectivity index (χ0v) is 13.7. The highest BCUT2D eigenvalue weighted by Gasteiger charge is 2.15. The molecule has 7 heteroatoms. The lowest BCUT2D eigenvalue weighted by Gasteiger charge is -2.21. The maximum Gasteiger partial charge on any atom is 0.404 e. The average molecular weight is 338 g/mol.